The first kappa shape index (κ1) is 94.3. The van der Waals surface area contributed by atoms with E-state index in [1.54, 1.807) is 124 Å². The molecule has 2 aromatic carbocycles. The highest BCUT2D eigenvalue weighted by molar-refractivity contribution is 8.76. The summed E-state index contributed by atoms with van der Waals surface area (Å²) in [7, 11) is 5.06. The van der Waals surface area contributed by atoms with E-state index >= 15 is 43.2 Å². The van der Waals surface area contributed by atoms with Crippen LogP contribution >= 0.6 is 21.6 Å². The predicted molar refractivity (Wildman–Crippen MR) is 465 cm³/mol. The molecule has 0 spiro atoms. The molecular weight excluding hydrogens is 1640 g/mol. The number of aliphatic hydroxyl groups is 3. The van der Waals surface area contributed by atoms with E-state index < -0.39 is 179 Å². The van der Waals surface area contributed by atoms with Gasteiger partial charge in [0.1, 0.15) is 85.0 Å². The van der Waals surface area contributed by atoms with Crippen molar-refractivity contribution in [1.29, 1.82) is 0 Å². The number of carbonyl (C=O) groups is 13. The van der Waals surface area contributed by atoms with E-state index in [4.69, 9.17) is 19.2 Å². The summed E-state index contributed by atoms with van der Waals surface area (Å²) in [4.78, 5) is 200. The number of rotatable bonds is 25. The van der Waals surface area contributed by atoms with Gasteiger partial charge >= 0.3 is 12.1 Å². The highest BCUT2D eigenvalue weighted by Gasteiger charge is 2.69. The molecule has 12 N–H and O–H groups in total. The van der Waals surface area contributed by atoms with Gasteiger partial charge in [0.15, 0.2) is 18.0 Å². The molecule has 12 rings (SSSR count). The van der Waals surface area contributed by atoms with Crippen LogP contribution in [-0.4, -0.2) is 249 Å². The lowest BCUT2D eigenvalue weighted by molar-refractivity contribution is -0.671. The number of methoxy groups -OCH3 is 1. The van der Waals surface area contributed by atoms with E-state index in [-0.39, 0.29) is 118 Å². The lowest BCUT2D eigenvalue weighted by Crippen LogP contribution is -2.62. The zero-order valence-corrected chi connectivity index (χ0v) is 74.0. The Hall–Kier alpha value is -9.87. The Kier molecular flexibility index (Phi) is 31.8. The van der Waals surface area contributed by atoms with Crippen LogP contribution in [0.2, 0.25) is 0 Å². The standard InChI is InChI=1S/C91H121N13O19S2/c1-52(105)69(49-122-87(119)91(121-8)37-36-63-62-34-32-56-44-59(107)33-35-61(56)75(62)74(108)46-90(63,91)6)98-82(114)71-51-125-124-50-70(99-79(111)67(43-55-24-13-10-14-25-55)97-83(115)72-30-20-40-103(72)86(118)73-31-21-41-104(73)85(117)57-26-19-39-102(7)48-57)81(113)95-66(42-54-22-11-9-12-23-54)78(110)96-68(45-58-47-93-64-28-16-15-27-60(58)64)80(112)94-65(77(109)101-76(53(2)106)84(116)100-71)29-17-18-38-92-88(120)123-89(3,4)5/h9-16,19,22-28,39,47-48,52-53,58,60,62-76,105-106,108H,17-18,20-21,29-38,40-46,49-51H2,1-8H3,(H8-,92,94,95,96,97,98,99,100,101,109,110,111,112,113,114,115,116,120)/p+1/t52?,53?,58?,60?,62?,63?,64?,65?,66?,67?,68?,69?,70?,71?,72?,73?,74?,75?,76?,90?,91-/m1/s1. The molecule has 0 bridgehead atoms. The molecule has 3 saturated heterocycles. The van der Waals surface area contributed by atoms with Crippen LogP contribution in [0.15, 0.2) is 126 Å². The third-order valence-corrected chi connectivity index (χ3v) is 28.7. The number of Topliss-reactive ketones (excluding diaryl/α,β-unsaturated/α-hetero) is 1. The number of fused-ring (bicyclic) bond motifs is 5. The van der Waals surface area contributed by atoms with Crippen LogP contribution in [0.25, 0.3) is 0 Å². The number of hydrogen-bond donors (Lipinski definition) is 12. The Labute approximate surface area is 737 Å². The molecule has 32 nitrogen and oxygen atoms in total. The number of alkyl carbamates (subject to hydrolysis) is 1. The van der Waals surface area contributed by atoms with E-state index in [1.807, 2.05) is 31.2 Å². The highest BCUT2D eigenvalue weighted by atomic mass is 33.1. The Bertz CT molecular complexity index is 4580. The number of allylic oxidation sites excluding steroid dienone is 3. The number of likely N-dealkylation sites (tertiary alicyclic amines) is 2. The van der Waals surface area contributed by atoms with Gasteiger partial charge in [-0.25, -0.2) is 14.2 Å². The number of pyridine rings is 1. The maximum atomic E-state index is 15.8. The van der Waals surface area contributed by atoms with Crippen molar-refractivity contribution in [2.24, 2.45) is 47.0 Å². The lowest BCUT2D eigenvalue weighted by atomic mass is 9.51. The van der Waals surface area contributed by atoms with E-state index in [0.29, 0.717) is 74.6 Å². The number of aromatic nitrogens is 1. The summed E-state index contributed by atoms with van der Waals surface area (Å²) in [6, 6.07) is 6.03. The fourth-order valence-electron chi connectivity index (χ4n) is 19.8. The number of esters is 1. The van der Waals surface area contributed by atoms with E-state index in [1.165, 1.54) is 30.8 Å². The summed E-state index contributed by atoms with van der Waals surface area (Å²) < 4.78 is 19.6. The summed E-state index contributed by atoms with van der Waals surface area (Å²) in [5, 5.41) is 60.4. The summed E-state index contributed by atoms with van der Waals surface area (Å²) >= 11 is 0. The number of ether oxygens (including phenoxy) is 3. The van der Waals surface area contributed by atoms with Crippen molar-refractivity contribution in [1.82, 2.24) is 57.7 Å². The molecule has 5 fully saturated rings. The molecule has 676 valence electrons. The van der Waals surface area contributed by atoms with Crippen molar-refractivity contribution in [3.63, 3.8) is 0 Å². The second kappa shape index (κ2) is 42.2. The topological polar surface area (TPSA) is 441 Å². The number of unbranched alkanes of at least 4 members (excludes halogenated alkanes) is 1. The van der Waals surface area contributed by atoms with E-state index in [9.17, 15) is 34.5 Å². The third-order valence-electron chi connectivity index (χ3n) is 26.3. The number of ketones is 1. The molecule has 11 amide bonds. The number of amides is 11. The average Bonchev–Trinajstić information content (AvgIpc) is 1.57. The molecule has 21 atom stereocenters. The van der Waals surface area contributed by atoms with Gasteiger partial charge in [-0.15, -0.1) is 0 Å². The predicted octanol–water partition coefficient (Wildman–Crippen LogP) is 3.71. The number of nitrogens with one attached hydrogen (secondary N) is 9. The molecule has 0 radical (unpaired) electrons. The zero-order chi connectivity index (χ0) is 89.6. The van der Waals surface area contributed by atoms with Crippen LogP contribution in [0.1, 0.15) is 166 Å². The number of aryl methyl sites for hydroxylation is 1. The van der Waals surface area contributed by atoms with E-state index in [0.717, 1.165) is 39.2 Å². The summed E-state index contributed by atoms with van der Waals surface area (Å²) in [5.74, 6) is -10.4. The maximum Gasteiger partial charge on any atom is 0.407 e. The smallest absolute Gasteiger partial charge is 0.407 e. The molecule has 5 heterocycles. The molecule has 5 aliphatic carbocycles. The summed E-state index contributed by atoms with van der Waals surface area (Å²) in [5.41, 5.74) is 0.442. The Balaban J connectivity index is 0.852. The molecular formula is C91H122N13O19S2+. The fraction of sp³-hybridized carbons (Fsp3) is 0.593. The average molecular weight is 1770 g/mol. The minimum Gasteiger partial charge on any atom is -0.461 e. The SMILES string of the molecule is CO[C@@]1(C(=O)OCC(NC(=O)C2CSSCC(NC(=O)C(Cc3ccccc3)NC(=O)C3CCCN3C(=O)C3CCCN3C(=O)c3ccc[n+](C)c3)C(=O)NC(Cc3ccccc3)C(=O)NC(CC3C=NC4C=CC=CC34)C(=O)NC(CCCCNC(=O)OC(C)(C)C)C(=O)NC(C(C)O)C(=O)N2)C(C)O)CCC2C3CCC4=C(CCC(=O)C4)C3C(O)CC21C. The van der Waals surface area contributed by atoms with Gasteiger partial charge in [0.05, 0.1) is 30.4 Å². The fourth-order valence-corrected chi connectivity index (χ4v) is 22.1. The highest BCUT2D eigenvalue weighted by Crippen LogP contribution is 2.65. The minimum absolute atomic E-state index is 0.00705. The quantitative estimate of drug-likeness (QED) is 0.0189. The molecule has 2 saturated carbocycles. The lowest BCUT2D eigenvalue weighted by Gasteiger charge is -2.55. The van der Waals surface area contributed by atoms with Crippen molar-refractivity contribution in [3.05, 3.63) is 137 Å². The molecule has 9 aliphatic rings. The second-order valence-corrected chi connectivity index (χ2v) is 38.6. The number of aliphatic imine (C=N–C) groups is 1. The van der Waals surface area contributed by atoms with Gasteiger partial charge < -0.3 is 87.2 Å². The Morgan fingerprint density at radius 3 is 2.13 bits per heavy atom. The summed E-state index contributed by atoms with van der Waals surface area (Å²) in [6.45, 7) is 9.55. The third kappa shape index (κ3) is 22.9. The number of nitrogens with zero attached hydrogens (tertiary/aromatic N) is 4. The van der Waals surface area contributed by atoms with Gasteiger partial charge in [0, 0.05) is 99.4 Å². The van der Waals surface area contributed by atoms with Gasteiger partial charge in [-0.3, -0.25) is 57.7 Å². The zero-order valence-electron chi connectivity index (χ0n) is 72.4. The van der Waals surface area contributed by atoms with Crippen LogP contribution in [0, 0.1) is 35.0 Å². The first-order valence-corrected chi connectivity index (χ1v) is 46.4. The van der Waals surface area contributed by atoms with Gasteiger partial charge in [-0.2, -0.15) is 0 Å². The summed E-state index contributed by atoms with van der Waals surface area (Å²) in [6.07, 6.45) is 13.1. The molecule has 34 heteroatoms. The first-order valence-electron chi connectivity index (χ1n) is 43.9. The van der Waals surface area contributed by atoms with Crippen molar-refractivity contribution >= 4 is 105 Å². The molecule has 1 aromatic heterocycles. The van der Waals surface area contributed by atoms with Crippen molar-refractivity contribution < 1.29 is 96.4 Å². The van der Waals surface area contributed by atoms with E-state index in [2.05, 4.69) is 47.9 Å². The Morgan fingerprint density at radius 1 is 0.736 bits per heavy atom. The molecule has 3 aromatic rings. The monoisotopic (exact) mass is 1760 g/mol. The molecule has 4 aliphatic heterocycles. The van der Waals surface area contributed by atoms with Gasteiger partial charge in [0.25, 0.3) is 5.91 Å². The Morgan fingerprint density at radius 2 is 1.42 bits per heavy atom. The number of benzene rings is 2. The van der Waals surface area contributed by atoms with Crippen molar-refractivity contribution in [3.8, 4) is 0 Å². The maximum absolute atomic E-state index is 15.8. The van der Waals surface area contributed by atoms with Crippen LogP contribution in [0.5, 0.6) is 0 Å². The number of hydrogen-bond acceptors (Lipinski definition) is 22. The molecule has 125 heavy (non-hydrogen) atoms. The largest absolute Gasteiger partial charge is 0.461 e. The van der Waals surface area contributed by atoms with Crippen LogP contribution in [-0.2, 0) is 86.8 Å². The number of aliphatic hydroxyl groups excluding tert-OH is 3. The van der Waals surface area contributed by atoms with Gasteiger partial charge in [-0.1, -0.05) is 125 Å². The number of carbonyl (C=O) groups excluding carboxylic acids is 13. The van der Waals surface area contributed by atoms with Crippen LogP contribution in [0.4, 0.5) is 4.79 Å². The van der Waals surface area contributed by atoms with Crippen LogP contribution in [0.3, 0.4) is 0 Å². The van der Waals surface area contributed by atoms with Crippen molar-refractivity contribution in [2.45, 2.75) is 253 Å². The minimum atomic E-state index is -1.87. The van der Waals surface area contributed by atoms with Crippen LogP contribution < -0.4 is 52.4 Å². The van der Waals surface area contributed by atoms with Gasteiger partial charge in [0.2, 0.25) is 53.2 Å². The van der Waals surface area contributed by atoms with Crippen molar-refractivity contribution in [2.75, 3.05) is 44.9 Å². The van der Waals surface area contributed by atoms with Gasteiger partial charge in [-0.05, 0) is 154 Å². The molecule has 20 unspecified atom stereocenters. The second-order valence-electron chi connectivity index (χ2n) is 36.0. The normalized spacial score (nSPS) is 30.1. The first-order chi connectivity index (χ1) is 59.7.